The molecule has 14 heavy (non-hydrogen) atoms. The fourth-order valence-corrected chi connectivity index (χ4v) is 1.04. The van der Waals surface area contributed by atoms with Crippen LogP contribution in [-0.2, 0) is 0 Å². The van der Waals surface area contributed by atoms with Crippen LogP contribution in [0.3, 0.4) is 0 Å². The van der Waals surface area contributed by atoms with Crippen LogP contribution in [0.2, 0.25) is 0 Å². The first-order valence-electron chi connectivity index (χ1n) is 3.99. The number of anilines is 1. The number of benzene rings is 1. The Kier molecular flexibility index (Phi) is 3.35. The highest BCUT2D eigenvalue weighted by molar-refractivity contribution is 7.80. The standard InChI is InChI=1S/C9H10F2N2S/c1-5-3-7(11)8(4-6(5)10)13-9(14)12-2/h3-4H,1-2H3,(H2,12,13,14). The van der Waals surface area contributed by atoms with Gasteiger partial charge < -0.3 is 10.6 Å². The Morgan fingerprint density at radius 2 is 1.93 bits per heavy atom. The summed E-state index contributed by atoms with van der Waals surface area (Å²) >= 11 is 4.76. The first-order chi connectivity index (χ1) is 6.54. The molecule has 0 amide bonds. The maximum absolute atomic E-state index is 13.2. The predicted molar refractivity (Wildman–Crippen MR) is 56.4 cm³/mol. The van der Waals surface area contributed by atoms with Gasteiger partial charge in [0, 0.05) is 13.1 Å². The van der Waals surface area contributed by atoms with Crippen LogP contribution in [0, 0.1) is 18.6 Å². The SMILES string of the molecule is CNC(=S)Nc1cc(F)c(C)cc1F. The van der Waals surface area contributed by atoms with Crippen molar-refractivity contribution >= 4 is 23.0 Å². The van der Waals surface area contributed by atoms with Crippen LogP contribution in [0.1, 0.15) is 5.56 Å². The number of thiocarbonyl (C=S) groups is 1. The van der Waals surface area contributed by atoms with E-state index in [1.165, 1.54) is 6.92 Å². The van der Waals surface area contributed by atoms with Gasteiger partial charge in [0.05, 0.1) is 5.69 Å². The molecule has 0 unspecified atom stereocenters. The second-order valence-corrected chi connectivity index (χ2v) is 3.19. The van der Waals surface area contributed by atoms with Gasteiger partial charge in [0.1, 0.15) is 11.6 Å². The molecular weight excluding hydrogens is 206 g/mol. The molecule has 0 heterocycles. The van der Waals surface area contributed by atoms with Crippen LogP contribution < -0.4 is 10.6 Å². The van der Waals surface area contributed by atoms with E-state index in [0.717, 1.165) is 12.1 Å². The molecule has 0 fully saturated rings. The Labute approximate surface area is 86.3 Å². The first-order valence-corrected chi connectivity index (χ1v) is 4.40. The molecule has 1 rings (SSSR count). The summed E-state index contributed by atoms with van der Waals surface area (Å²) in [6.45, 7) is 1.50. The van der Waals surface area contributed by atoms with E-state index in [-0.39, 0.29) is 16.4 Å². The zero-order chi connectivity index (χ0) is 10.7. The smallest absolute Gasteiger partial charge is 0.170 e. The van der Waals surface area contributed by atoms with Crippen molar-refractivity contribution in [2.24, 2.45) is 0 Å². The van der Waals surface area contributed by atoms with E-state index < -0.39 is 11.6 Å². The quantitative estimate of drug-likeness (QED) is 0.704. The Morgan fingerprint density at radius 3 is 2.50 bits per heavy atom. The topological polar surface area (TPSA) is 24.1 Å². The van der Waals surface area contributed by atoms with E-state index in [1.807, 2.05) is 0 Å². The van der Waals surface area contributed by atoms with Crippen molar-refractivity contribution in [1.29, 1.82) is 0 Å². The highest BCUT2D eigenvalue weighted by Gasteiger charge is 2.07. The zero-order valence-electron chi connectivity index (χ0n) is 7.82. The molecule has 0 aliphatic heterocycles. The third-order valence-electron chi connectivity index (χ3n) is 1.72. The molecule has 0 radical (unpaired) electrons. The highest BCUT2D eigenvalue weighted by Crippen LogP contribution is 2.18. The van der Waals surface area contributed by atoms with Gasteiger partial charge in [-0.3, -0.25) is 0 Å². The van der Waals surface area contributed by atoms with Gasteiger partial charge >= 0.3 is 0 Å². The van der Waals surface area contributed by atoms with Crippen molar-refractivity contribution in [3.8, 4) is 0 Å². The summed E-state index contributed by atoms with van der Waals surface area (Å²) in [5, 5.41) is 5.38. The fourth-order valence-electron chi connectivity index (χ4n) is 0.927. The minimum atomic E-state index is -0.526. The van der Waals surface area contributed by atoms with Gasteiger partial charge in [-0.25, -0.2) is 8.78 Å². The normalized spacial score (nSPS) is 9.71. The highest BCUT2D eigenvalue weighted by atomic mass is 32.1. The van der Waals surface area contributed by atoms with Gasteiger partial charge in [-0.15, -0.1) is 0 Å². The van der Waals surface area contributed by atoms with Gasteiger partial charge in [-0.1, -0.05) is 0 Å². The van der Waals surface area contributed by atoms with Crippen molar-refractivity contribution in [3.63, 3.8) is 0 Å². The van der Waals surface area contributed by atoms with E-state index in [4.69, 9.17) is 12.2 Å². The summed E-state index contributed by atoms with van der Waals surface area (Å²) in [6, 6.07) is 2.20. The molecular formula is C9H10F2N2S. The molecule has 5 heteroatoms. The van der Waals surface area contributed by atoms with Gasteiger partial charge in [0.2, 0.25) is 0 Å². The van der Waals surface area contributed by atoms with Crippen molar-refractivity contribution in [3.05, 3.63) is 29.3 Å². The molecule has 1 aromatic carbocycles. The van der Waals surface area contributed by atoms with Crippen LogP contribution >= 0.6 is 12.2 Å². The van der Waals surface area contributed by atoms with E-state index in [0.29, 0.717) is 0 Å². The summed E-state index contributed by atoms with van der Waals surface area (Å²) in [5.41, 5.74) is 0.302. The molecule has 0 aliphatic carbocycles. The molecule has 0 aromatic heterocycles. The summed E-state index contributed by atoms with van der Waals surface area (Å²) in [7, 11) is 1.60. The Morgan fingerprint density at radius 1 is 1.29 bits per heavy atom. The third-order valence-corrected chi connectivity index (χ3v) is 2.03. The Balaban J connectivity index is 2.98. The lowest BCUT2D eigenvalue weighted by Crippen LogP contribution is -2.24. The second-order valence-electron chi connectivity index (χ2n) is 2.79. The minimum absolute atomic E-state index is 0.0347. The van der Waals surface area contributed by atoms with Crippen LogP contribution in [0.15, 0.2) is 12.1 Å². The lowest BCUT2D eigenvalue weighted by Gasteiger charge is -2.08. The molecule has 76 valence electrons. The lowest BCUT2D eigenvalue weighted by molar-refractivity contribution is 0.596. The van der Waals surface area contributed by atoms with E-state index >= 15 is 0 Å². The lowest BCUT2D eigenvalue weighted by atomic mass is 10.2. The molecule has 0 atom stereocenters. The van der Waals surface area contributed by atoms with Crippen molar-refractivity contribution in [2.75, 3.05) is 12.4 Å². The molecule has 0 spiro atoms. The molecule has 2 nitrogen and oxygen atoms in total. The Hall–Kier alpha value is -1.23. The largest absolute Gasteiger partial charge is 0.366 e. The number of halogens is 2. The predicted octanol–water partition coefficient (Wildman–Crippen LogP) is 2.19. The van der Waals surface area contributed by atoms with Gasteiger partial charge in [0.15, 0.2) is 5.11 Å². The van der Waals surface area contributed by atoms with E-state index in [1.54, 1.807) is 7.05 Å². The van der Waals surface area contributed by atoms with Gasteiger partial charge in [-0.05, 0) is 30.8 Å². The van der Waals surface area contributed by atoms with Crippen molar-refractivity contribution < 1.29 is 8.78 Å². The summed E-state index contributed by atoms with van der Waals surface area (Å²) in [4.78, 5) is 0. The number of nitrogens with one attached hydrogen (secondary N) is 2. The number of rotatable bonds is 1. The average molecular weight is 216 g/mol. The first kappa shape index (κ1) is 10.8. The molecule has 0 saturated carbocycles. The van der Waals surface area contributed by atoms with Crippen LogP contribution in [0.25, 0.3) is 0 Å². The van der Waals surface area contributed by atoms with Crippen LogP contribution in [0.4, 0.5) is 14.5 Å². The summed E-state index contributed by atoms with van der Waals surface area (Å²) in [5.74, 6) is -0.991. The average Bonchev–Trinajstić information content (AvgIpc) is 2.14. The molecule has 0 aliphatic rings. The maximum Gasteiger partial charge on any atom is 0.170 e. The van der Waals surface area contributed by atoms with E-state index in [2.05, 4.69) is 10.6 Å². The fraction of sp³-hybridized carbons (Fsp3) is 0.222. The van der Waals surface area contributed by atoms with Gasteiger partial charge in [-0.2, -0.15) is 0 Å². The van der Waals surface area contributed by atoms with Crippen molar-refractivity contribution in [2.45, 2.75) is 6.92 Å². The molecule has 2 N–H and O–H groups in total. The van der Waals surface area contributed by atoms with Crippen LogP contribution in [-0.4, -0.2) is 12.2 Å². The number of hydrogen-bond donors (Lipinski definition) is 2. The van der Waals surface area contributed by atoms with Crippen LogP contribution in [0.5, 0.6) is 0 Å². The van der Waals surface area contributed by atoms with Gasteiger partial charge in [0.25, 0.3) is 0 Å². The van der Waals surface area contributed by atoms with Crippen molar-refractivity contribution in [1.82, 2.24) is 5.32 Å². The number of aryl methyl sites for hydroxylation is 1. The summed E-state index contributed by atoms with van der Waals surface area (Å²) < 4.78 is 26.3. The second kappa shape index (κ2) is 4.32. The molecule has 0 bridgehead atoms. The summed E-state index contributed by atoms with van der Waals surface area (Å²) in [6.07, 6.45) is 0. The maximum atomic E-state index is 13.2. The van der Waals surface area contributed by atoms with E-state index in [9.17, 15) is 8.78 Å². The number of hydrogen-bond acceptors (Lipinski definition) is 1. The minimum Gasteiger partial charge on any atom is -0.366 e. The monoisotopic (exact) mass is 216 g/mol. The molecule has 1 aromatic rings. The Bertz CT molecular complexity index is 366. The third kappa shape index (κ3) is 2.38. The zero-order valence-corrected chi connectivity index (χ0v) is 8.64. The molecule has 0 saturated heterocycles.